The monoisotopic (exact) mass is 310 g/mol. The highest BCUT2D eigenvalue weighted by molar-refractivity contribution is 7.99. The molecule has 0 unspecified atom stereocenters. The van der Waals surface area contributed by atoms with Gasteiger partial charge in [0.15, 0.2) is 0 Å². The van der Waals surface area contributed by atoms with Crippen LogP contribution >= 0.6 is 11.8 Å². The van der Waals surface area contributed by atoms with Gasteiger partial charge in [0.25, 0.3) is 0 Å². The number of piperidine rings is 1. The molecule has 1 amide bonds. The number of rotatable bonds is 4. The molecule has 2 rings (SSSR count). The van der Waals surface area contributed by atoms with E-state index in [2.05, 4.69) is 4.98 Å². The number of pyridine rings is 1. The Hall–Kier alpha value is -1.60. The van der Waals surface area contributed by atoms with Gasteiger partial charge in [0.05, 0.1) is 24.0 Å². The molecule has 0 bridgehead atoms. The van der Waals surface area contributed by atoms with Gasteiger partial charge in [-0.1, -0.05) is 17.8 Å². The van der Waals surface area contributed by atoms with Crippen molar-refractivity contribution in [1.82, 2.24) is 9.88 Å². The summed E-state index contributed by atoms with van der Waals surface area (Å²) in [6.45, 7) is 0.364. The number of thioether (sulfide) groups is 1. The number of esters is 1. The number of hydrogen-bond acceptors (Lipinski definition) is 6. The molecule has 1 N–H and O–H groups in total. The van der Waals surface area contributed by atoms with Crippen molar-refractivity contribution in [1.29, 1.82) is 0 Å². The predicted octanol–water partition coefficient (Wildman–Crippen LogP) is 0.699. The first kappa shape index (κ1) is 15.8. The second kappa shape index (κ2) is 7.42. The van der Waals surface area contributed by atoms with Crippen LogP contribution in [0.5, 0.6) is 0 Å². The molecule has 0 saturated carbocycles. The van der Waals surface area contributed by atoms with Crippen LogP contribution in [0.2, 0.25) is 0 Å². The Morgan fingerprint density at radius 2 is 2.33 bits per heavy atom. The number of carbonyl (C=O) groups is 2. The Balaban J connectivity index is 1.97. The number of aliphatic hydroxyl groups is 1. The van der Waals surface area contributed by atoms with Crippen molar-refractivity contribution in [2.24, 2.45) is 0 Å². The molecule has 6 nitrogen and oxygen atoms in total. The quantitative estimate of drug-likeness (QED) is 0.651. The number of methoxy groups -OCH3 is 1. The van der Waals surface area contributed by atoms with E-state index < -0.39 is 18.1 Å². The number of aliphatic hydroxyl groups excluding tert-OH is 1. The minimum absolute atomic E-state index is 0.145. The Morgan fingerprint density at radius 1 is 1.52 bits per heavy atom. The van der Waals surface area contributed by atoms with E-state index in [4.69, 9.17) is 4.74 Å². The van der Waals surface area contributed by atoms with Gasteiger partial charge >= 0.3 is 5.97 Å². The summed E-state index contributed by atoms with van der Waals surface area (Å²) in [6.07, 6.45) is 1.81. The minimum atomic E-state index is -0.699. The molecule has 21 heavy (non-hydrogen) atoms. The van der Waals surface area contributed by atoms with Gasteiger partial charge in [-0.15, -0.1) is 0 Å². The van der Waals surface area contributed by atoms with Gasteiger partial charge in [0.2, 0.25) is 5.91 Å². The first-order valence-electron chi connectivity index (χ1n) is 6.71. The molecular formula is C14H18N2O4S. The number of nitrogens with zero attached hydrogens (tertiary/aromatic N) is 2. The van der Waals surface area contributed by atoms with Gasteiger partial charge in [-0.3, -0.25) is 4.79 Å². The lowest BCUT2D eigenvalue weighted by molar-refractivity contribution is -0.156. The summed E-state index contributed by atoms with van der Waals surface area (Å²) in [5.74, 6) is -0.418. The van der Waals surface area contributed by atoms with Crippen molar-refractivity contribution in [2.45, 2.75) is 30.0 Å². The lowest BCUT2D eigenvalue weighted by Crippen LogP contribution is -2.52. The van der Waals surface area contributed by atoms with Crippen molar-refractivity contribution in [3.63, 3.8) is 0 Å². The van der Waals surface area contributed by atoms with E-state index in [1.165, 1.54) is 23.8 Å². The highest BCUT2D eigenvalue weighted by Gasteiger charge is 2.36. The first-order valence-corrected chi connectivity index (χ1v) is 7.69. The third kappa shape index (κ3) is 4.18. The van der Waals surface area contributed by atoms with E-state index in [0.29, 0.717) is 13.0 Å². The summed E-state index contributed by atoms with van der Waals surface area (Å²) in [7, 11) is 1.29. The SMILES string of the molecule is COC(=O)[C@H]1C[C@@H](O)CCN1C(=O)CSc1ccccn1. The number of aromatic nitrogens is 1. The normalized spacial score (nSPS) is 21.9. The van der Waals surface area contributed by atoms with Crippen LogP contribution in [0.15, 0.2) is 29.4 Å². The van der Waals surface area contributed by atoms with Crippen molar-refractivity contribution < 1.29 is 19.4 Å². The fourth-order valence-electron chi connectivity index (χ4n) is 2.26. The van der Waals surface area contributed by atoms with Gasteiger partial charge < -0.3 is 14.7 Å². The van der Waals surface area contributed by atoms with Crippen LogP contribution in [0.1, 0.15) is 12.8 Å². The molecule has 1 saturated heterocycles. The van der Waals surface area contributed by atoms with E-state index in [1.54, 1.807) is 6.20 Å². The lowest BCUT2D eigenvalue weighted by atomic mass is 9.99. The zero-order valence-electron chi connectivity index (χ0n) is 11.8. The van der Waals surface area contributed by atoms with Crippen LogP contribution in [-0.2, 0) is 14.3 Å². The molecule has 0 spiro atoms. The average molecular weight is 310 g/mol. The summed E-state index contributed by atoms with van der Waals surface area (Å²) >= 11 is 1.33. The van der Waals surface area contributed by atoms with Crippen LogP contribution in [-0.4, -0.2) is 58.4 Å². The third-order valence-electron chi connectivity index (χ3n) is 3.35. The number of hydrogen-bond donors (Lipinski definition) is 1. The van der Waals surface area contributed by atoms with E-state index in [1.807, 2.05) is 18.2 Å². The molecule has 1 aromatic heterocycles. The van der Waals surface area contributed by atoms with E-state index in [9.17, 15) is 14.7 Å². The zero-order chi connectivity index (χ0) is 15.2. The second-order valence-corrected chi connectivity index (χ2v) is 5.76. The summed E-state index contributed by atoms with van der Waals surface area (Å²) in [4.78, 5) is 29.7. The summed E-state index contributed by atoms with van der Waals surface area (Å²) in [5.41, 5.74) is 0. The van der Waals surface area contributed by atoms with Crippen molar-refractivity contribution in [2.75, 3.05) is 19.4 Å². The standard InChI is InChI=1S/C14H18N2O4S/c1-20-14(19)11-8-10(17)5-7-16(11)13(18)9-21-12-4-2-3-6-15-12/h2-4,6,10-11,17H,5,7-9H2,1H3/t10-,11+/m0/s1. The van der Waals surface area contributed by atoms with Gasteiger partial charge in [0.1, 0.15) is 6.04 Å². The molecule has 0 aromatic carbocycles. The predicted molar refractivity (Wildman–Crippen MR) is 77.7 cm³/mol. The summed E-state index contributed by atoms with van der Waals surface area (Å²) < 4.78 is 4.72. The van der Waals surface area contributed by atoms with Gasteiger partial charge in [-0.05, 0) is 18.6 Å². The molecule has 0 aliphatic carbocycles. The Kier molecular flexibility index (Phi) is 5.58. The highest BCUT2D eigenvalue weighted by atomic mass is 32.2. The van der Waals surface area contributed by atoms with Crippen LogP contribution < -0.4 is 0 Å². The molecule has 1 aliphatic rings. The number of amides is 1. The van der Waals surface area contributed by atoms with E-state index in [-0.39, 0.29) is 18.1 Å². The van der Waals surface area contributed by atoms with Crippen molar-refractivity contribution >= 4 is 23.6 Å². The molecular weight excluding hydrogens is 292 g/mol. The Bertz CT molecular complexity index is 497. The molecule has 1 aromatic rings. The van der Waals surface area contributed by atoms with Crippen molar-refractivity contribution in [3.8, 4) is 0 Å². The second-order valence-electron chi connectivity index (χ2n) is 4.76. The van der Waals surface area contributed by atoms with E-state index in [0.717, 1.165) is 5.03 Å². The van der Waals surface area contributed by atoms with Gasteiger partial charge in [-0.2, -0.15) is 0 Å². The Morgan fingerprint density at radius 3 is 3.00 bits per heavy atom. The smallest absolute Gasteiger partial charge is 0.328 e. The first-order chi connectivity index (χ1) is 10.1. The van der Waals surface area contributed by atoms with Crippen LogP contribution in [0.4, 0.5) is 0 Å². The number of ether oxygens (including phenoxy) is 1. The molecule has 7 heteroatoms. The van der Waals surface area contributed by atoms with Gasteiger partial charge in [0, 0.05) is 19.2 Å². The van der Waals surface area contributed by atoms with Crippen LogP contribution in [0.25, 0.3) is 0 Å². The maximum Gasteiger partial charge on any atom is 0.328 e. The van der Waals surface area contributed by atoms with E-state index >= 15 is 0 Å². The van der Waals surface area contributed by atoms with Gasteiger partial charge in [-0.25, -0.2) is 9.78 Å². The molecule has 0 radical (unpaired) electrons. The fraction of sp³-hybridized carbons (Fsp3) is 0.500. The topological polar surface area (TPSA) is 79.7 Å². The molecule has 2 heterocycles. The van der Waals surface area contributed by atoms with Crippen LogP contribution in [0, 0.1) is 0 Å². The fourth-order valence-corrected chi connectivity index (χ4v) is 3.00. The highest BCUT2D eigenvalue weighted by Crippen LogP contribution is 2.21. The third-order valence-corrected chi connectivity index (χ3v) is 4.28. The molecule has 1 aliphatic heterocycles. The summed E-state index contributed by atoms with van der Waals surface area (Å²) in [5, 5.41) is 10.4. The zero-order valence-corrected chi connectivity index (χ0v) is 12.6. The molecule has 2 atom stereocenters. The summed E-state index contributed by atoms with van der Waals surface area (Å²) in [6, 6.07) is 4.80. The Labute approximate surface area is 127 Å². The number of carbonyl (C=O) groups excluding carboxylic acids is 2. The average Bonchev–Trinajstić information content (AvgIpc) is 2.52. The largest absolute Gasteiger partial charge is 0.467 e. The maximum absolute atomic E-state index is 12.3. The van der Waals surface area contributed by atoms with Crippen LogP contribution in [0.3, 0.4) is 0 Å². The number of likely N-dealkylation sites (tertiary alicyclic amines) is 1. The minimum Gasteiger partial charge on any atom is -0.467 e. The van der Waals surface area contributed by atoms with Crippen molar-refractivity contribution in [3.05, 3.63) is 24.4 Å². The lowest BCUT2D eigenvalue weighted by Gasteiger charge is -2.36. The molecule has 114 valence electrons. The maximum atomic E-state index is 12.3. The molecule has 1 fully saturated rings.